The number of carbonyl (C=O) groups excluding carboxylic acids is 3. The van der Waals surface area contributed by atoms with Crippen molar-refractivity contribution in [2.75, 3.05) is 26.4 Å². The van der Waals surface area contributed by atoms with Gasteiger partial charge in [0.15, 0.2) is 12.7 Å². The highest BCUT2D eigenvalue weighted by molar-refractivity contribution is 5.82. The summed E-state index contributed by atoms with van der Waals surface area (Å²) in [4.78, 5) is 33.0. The van der Waals surface area contributed by atoms with Gasteiger partial charge in [-0.3, -0.25) is 4.79 Å². The molecule has 0 heterocycles. The molecule has 0 spiro atoms. The highest BCUT2D eigenvalue weighted by Gasteiger charge is 2.23. The van der Waals surface area contributed by atoms with Gasteiger partial charge in [0.2, 0.25) is 0 Å². The van der Waals surface area contributed by atoms with E-state index in [9.17, 15) is 14.4 Å². The fraction of sp³-hybridized carbons (Fsp3) is 0.700. The maximum atomic E-state index is 11.4. The van der Waals surface area contributed by atoms with Crippen molar-refractivity contribution in [3.63, 3.8) is 0 Å². The monoisotopic (exact) mass is 263 g/mol. The lowest BCUT2D eigenvalue weighted by molar-refractivity contribution is -0.171. The number of esters is 2. The lowest BCUT2D eigenvalue weighted by Gasteiger charge is -2.14. The molecule has 0 bridgehead atoms. The molecular weight excluding hydrogens is 246 g/mol. The number of ether oxygens (including phenoxy) is 3. The van der Waals surface area contributed by atoms with Crippen molar-refractivity contribution in [2.24, 2.45) is 5.73 Å². The Bertz CT molecular complexity index is 292. The average molecular weight is 263 g/mol. The Kier molecular flexibility index (Phi) is 8.50. The lowest BCUT2D eigenvalue weighted by atomic mass is 10.3. The van der Waals surface area contributed by atoms with Crippen LogP contribution in [0.1, 0.15) is 13.3 Å². The second-order valence-electron chi connectivity index (χ2n) is 3.24. The Morgan fingerprint density at radius 1 is 1.28 bits per heavy atom. The zero-order valence-electron chi connectivity index (χ0n) is 10.1. The average Bonchev–Trinajstić information content (AvgIpc) is 2.33. The number of hydrogen-bond acceptors (Lipinski definition) is 7. The largest absolute Gasteiger partial charge is 0.453 e. The highest BCUT2D eigenvalue weighted by atomic mass is 16.6. The molecule has 0 aliphatic heterocycles. The lowest BCUT2D eigenvalue weighted by Crippen LogP contribution is -2.32. The van der Waals surface area contributed by atoms with Crippen LogP contribution in [0.2, 0.25) is 0 Å². The summed E-state index contributed by atoms with van der Waals surface area (Å²) in [6.07, 6.45) is -0.904. The number of primary amides is 1. The molecule has 3 N–H and O–H groups in total. The van der Waals surface area contributed by atoms with Crippen molar-refractivity contribution in [2.45, 2.75) is 19.4 Å². The minimum absolute atomic E-state index is 0.00197. The second kappa shape index (κ2) is 9.37. The third kappa shape index (κ3) is 7.58. The van der Waals surface area contributed by atoms with Crippen LogP contribution in [0.25, 0.3) is 0 Å². The predicted molar refractivity (Wildman–Crippen MR) is 58.2 cm³/mol. The van der Waals surface area contributed by atoms with E-state index in [2.05, 4.69) is 4.74 Å². The van der Waals surface area contributed by atoms with Crippen molar-refractivity contribution >= 4 is 17.8 Å². The smallest absolute Gasteiger partial charge is 0.347 e. The maximum Gasteiger partial charge on any atom is 0.347 e. The van der Waals surface area contributed by atoms with Gasteiger partial charge >= 0.3 is 11.9 Å². The van der Waals surface area contributed by atoms with Gasteiger partial charge in [0.05, 0.1) is 13.2 Å². The molecule has 0 aromatic carbocycles. The number of hydrogen-bond donors (Lipinski definition) is 2. The minimum atomic E-state index is -1.10. The Labute approximate surface area is 104 Å². The zero-order chi connectivity index (χ0) is 14.0. The van der Waals surface area contributed by atoms with Crippen molar-refractivity contribution in [1.29, 1.82) is 0 Å². The third-order valence-corrected chi connectivity index (χ3v) is 1.72. The fourth-order valence-electron chi connectivity index (χ4n) is 0.946. The molecule has 8 heteroatoms. The molecule has 1 atom stereocenters. The van der Waals surface area contributed by atoms with Crippen molar-refractivity contribution in [3.8, 4) is 0 Å². The van der Waals surface area contributed by atoms with Gasteiger partial charge in [-0.05, 0) is 6.42 Å². The van der Waals surface area contributed by atoms with Crippen molar-refractivity contribution in [3.05, 3.63) is 0 Å². The van der Waals surface area contributed by atoms with Crippen LogP contribution >= 0.6 is 0 Å². The van der Waals surface area contributed by atoms with Gasteiger partial charge in [-0.1, -0.05) is 6.92 Å². The number of aliphatic hydroxyl groups excluding tert-OH is 1. The predicted octanol–water partition coefficient (Wildman–Crippen LogP) is -1.65. The number of aliphatic hydroxyl groups is 1. The molecule has 0 aromatic rings. The molecule has 1 unspecified atom stereocenters. The molecule has 104 valence electrons. The van der Waals surface area contributed by atoms with Gasteiger partial charge in [0.25, 0.3) is 5.91 Å². The van der Waals surface area contributed by atoms with Gasteiger partial charge in [-0.15, -0.1) is 0 Å². The van der Waals surface area contributed by atoms with Gasteiger partial charge in [0.1, 0.15) is 6.61 Å². The molecule has 8 nitrogen and oxygen atoms in total. The Balaban J connectivity index is 4.04. The van der Waals surface area contributed by atoms with Gasteiger partial charge in [0, 0.05) is 0 Å². The van der Waals surface area contributed by atoms with E-state index in [0.717, 1.165) is 0 Å². The minimum Gasteiger partial charge on any atom is -0.453 e. The van der Waals surface area contributed by atoms with Crippen LogP contribution in [0.5, 0.6) is 0 Å². The first-order valence-corrected chi connectivity index (χ1v) is 5.34. The van der Waals surface area contributed by atoms with Crippen LogP contribution in [0.15, 0.2) is 0 Å². The van der Waals surface area contributed by atoms with Crippen LogP contribution in [0, 0.1) is 0 Å². The van der Waals surface area contributed by atoms with E-state index >= 15 is 0 Å². The van der Waals surface area contributed by atoms with Gasteiger partial charge in [-0.2, -0.15) is 0 Å². The highest BCUT2D eigenvalue weighted by Crippen LogP contribution is 2.02. The van der Waals surface area contributed by atoms with Crippen LogP contribution in [0.4, 0.5) is 0 Å². The standard InChI is InChI=1S/C10H17NO7/c1-2-7(10(15)17-5-8(11)13)18-9(14)6-16-4-3-12/h7,12H,2-6H2,1H3,(H2,11,13). The fourth-order valence-corrected chi connectivity index (χ4v) is 0.946. The Hall–Kier alpha value is -1.67. The SMILES string of the molecule is CCC(OC(=O)COCCO)C(=O)OCC(N)=O. The summed E-state index contributed by atoms with van der Waals surface area (Å²) in [5.41, 5.74) is 4.80. The van der Waals surface area contributed by atoms with Crippen LogP contribution < -0.4 is 5.73 Å². The molecule has 0 aliphatic carbocycles. The first-order chi connectivity index (χ1) is 8.51. The molecule has 0 aliphatic rings. The molecule has 1 amide bonds. The van der Waals surface area contributed by atoms with Crippen molar-refractivity contribution in [1.82, 2.24) is 0 Å². The number of rotatable bonds is 9. The van der Waals surface area contributed by atoms with Crippen molar-refractivity contribution < 1.29 is 33.7 Å². The molecule has 0 saturated heterocycles. The summed E-state index contributed by atoms with van der Waals surface area (Å²) >= 11 is 0. The summed E-state index contributed by atoms with van der Waals surface area (Å²) in [6, 6.07) is 0. The normalized spacial score (nSPS) is 11.7. The van der Waals surface area contributed by atoms with E-state index in [1.54, 1.807) is 6.92 Å². The molecule has 0 saturated carbocycles. The molecule has 0 fully saturated rings. The summed E-state index contributed by atoms with van der Waals surface area (Å²) < 4.78 is 14.0. The summed E-state index contributed by atoms with van der Waals surface area (Å²) in [5.74, 6) is -2.39. The molecule has 0 radical (unpaired) electrons. The molecule has 18 heavy (non-hydrogen) atoms. The third-order valence-electron chi connectivity index (χ3n) is 1.72. The Morgan fingerprint density at radius 2 is 1.94 bits per heavy atom. The second-order valence-corrected chi connectivity index (χ2v) is 3.24. The summed E-state index contributed by atoms with van der Waals surface area (Å²) in [6.45, 7) is 0.454. The Morgan fingerprint density at radius 3 is 2.44 bits per heavy atom. The van der Waals surface area contributed by atoms with E-state index in [1.807, 2.05) is 0 Å². The quantitative estimate of drug-likeness (QED) is 0.377. The number of amides is 1. The first-order valence-electron chi connectivity index (χ1n) is 5.34. The van der Waals surface area contributed by atoms with Crippen LogP contribution in [-0.2, 0) is 28.6 Å². The summed E-state index contributed by atoms with van der Waals surface area (Å²) in [7, 11) is 0. The van der Waals surface area contributed by atoms with E-state index < -0.39 is 30.6 Å². The van der Waals surface area contributed by atoms with Gasteiger partial charge in [-0.25, -0.2) is 9.59 Å². The molecule has 0 aromatic heterocycles. The van der Waals surface area contributed by atoms with Gasteiger partial charge < -0.3 is 25.1 Å². The first kappa shape index (κ1) is 16.3. The molecule has 0 rings (SSSR count). The van der Waals surface area contributed by atoms with E-state index in [-0.39, 0.29) is 26.2 Å². The van der Waals surface area contributed by atoms with E-state index in [1.165, 1.54) is 0 Å². The molecular formula is C10H17NO7. The van der Waals surface area contributed by atoms with E-state index in [0.29, 0.717) is 0 Å². The number of nitrogens with two attached hydrogens (primary N) is 1. The number of carbonyl (C=O) groups is 3. The van der Waals surface area contributed by atoms with E-state index in [4.69, 9.17) is 20.3 Å². The van der Waals surface area contributed by atoms with Crippen LogP contribution in [0.3, 0.4) is 0 Å². The van der Waals surface area contributed by atoms with Crippen LogP contribution in [-0.4, -0.2) is 55.5 Å². The zero-order valence-corrected chi connectivity index (χ0v) is 10.1. The maximum absolute atomic E-state index is 11.4. The summed E-state index contributed by atoms with van der Waals surface area (Å²) in [5, 5.41) is 8.42. The topological polar surface area (TPSA) is 125 Å².